The lowest BCUT2D eigenvalue weighted by Crippen LogP contribution is -2.58. The number of unbranched alkanes of at least 4 members (excludes halogenated alkanes) is 1. The number of nitrogens with one attached hydrogen (secondary N) is 1. The van der Waals surface area contributed by atoms with Crippen LogP contribution in [0.25, 0.3) is 11.1 Å². The number of rotatable bonds is 11. The molecule has 4 N–H and O–H groups in total. The van der Waals surface area contributed by atoms with Crippen LogP contribution >= 0.6 is 15.9 Å². The van der Waals surface area contributed by atoms with Gasteiger partial charge in [-0.1, -0.05) is 76.9 Å². The number of halogens is 1. The molecule has 1 saturated carbocycles. The van der Waals surface area contributed by atoms with Gasteiger partial charge >= 0.3 is 5.97 Å². The molecule has 0 saturated heterocycles. The molecule has 0 spiro atoms. The van der Waals surface area contributed by atoms with Crippen LogP contribution in [0.15, 0.2) is 54.6 Å². The Hall–Kier alpha value is -1.69. The first-order valence-corrected chi connectivity index (χ1v) is 11.6. The van der Waals surface area contributed by atoms with Crippen molar-refractivity contribution in [3.63, 3.8) is 0 Å². The number of nitrogens with two attached hydrogens (primary N) is 1. The molecule has 0 aromatic heterocycles. The molecule has 0 aliphatic heterocycles. The summed E-state index contributed by atoms with van der Waals surface area (Å²) in [5.41, 5.74) is 8.95. The summed E-state index contributed by atoms with van der Waals surface area (Å²) in [6, 6.07) is 19.0. The molecule has 1 aliphatic carbocycles. The van der Waals surface area contributed by atoms with Crippen LogP contribution in [0.2, 0.25) is 0 Å². The monoisotopic (exact) mass is 458 g/mol. The predicted molar refractivity (Wildman–Crippen MR) is 122 cm³/mol. The first-order valence-electron chi connectivity index (χ1n) is 10.5. The van der Waals surface area contributed by atoms with Crippen molar-refractivity contribution in [1.29, 1.82) is 0 Å². The van der Waals surface area contributed by atoms with E-state index in [2.05, 4.69) is 69.8 Å². The molecular formula is C24H31BrN2O2. The molecule has 4 nitrogen and oxygen atoms in total. The molecule has 0 heterocycles. The highest BCUT2D eigenvalue weighted by atomic mass is 79.9. The van der Waals surface area contributed by atoms with Gasteiger partial charge < -0.3 is 16.2 Å². The minimum atomic E-state index is -1.06. The molecule has 0 bridgehead atoms. The normalized spacial score (nSPS) is 20.6. The molecule has 1 unspecified atom stereocenters. The van der Waals surface area contributed by atoms with E-state index in [9.17, 15) is 9.90 Å². The Bertz CT molecular complexity index is 775. The molecular weight excluding hydrogens is 428 g/mol. The molecule has 156 valence electrons. The van der Waals surface area contributed by atoms with Crippen molar-refractivity contribution in [2.45, 2.75) is 44.2 Å². The van der Waals surface area contributed by atoms with Gasteiger partial charge in [0.25, 0.3) is 0 Å². The van der Waals surface area contributed by atoms with Crippen molar-refractivity contribution >= 4 is 21.9 Å². The summed E-state index contributed by atoms with van der Waals surface area (Å²) in [6.07, 6.45) is 4.18. The highest BCUT2D eigenvalue weighted by Crippen LogP contribution is 2.42. The van der Waals surface area contributed by atoms with E-state index in [4.69, 9.17) is 5.73 Å². The maximum Gasteiger partial charge on any atom is 0.323 e. The highest BCUT2D eigenvalue weighted by molar-refractivity contribution is 9.09. The van der Waals surface area contributed by atoms with Gasteiger partial charge in [-0.2, -0.15) is 0 Å². The van der Waals surface area contributed by atoms with Crippen molar-refractivity contribution in [3.05, 3.63) is 60.2 Å². The second kappa shape index (κ2) is 10.4. The van der Waals surface area contributed by atoms with Gasteiger partial charge in [-0.3, -0.25) is 4.79 Å². The van der Waals surface area contributed by atoms with Gasteiger partial charge in [-0.25, -0.2) is 0 Å². The number of carboxylic acid groups (broad SMARTS) is 1. The van der Waals surface area contributed by atoms with Gasteiger partial charge in [0.2, 0.25) is 0 Å². The lowest BCUT2D eigenvalue weighted by molar-refractivity contribution is -0.148. The smallest absolute Gasteiger partial charge is 0.323 e. The summed E-state index contributed by atoms with van der Waals surface area (Å²) >= 11 is 3.40. The third-order valence-electron chi connectivity index (χ3n) is 6.16. The second-order valence-electron chi connectivity index (χ2n) is 8.22. The van der Waals surface area contributed by atoms with Crippen molar-refractivity contribution in [2.75, 3.05) is 11.9 Å². The second-order valence-corrected chi connectivity index (χ2v) is 9.01. The summed E-state index contributed by atoms with van der Waals surface area (Å²) < 4.78 is 0. The Kier molecular flexibility index (Phi) is 7.87. The van der Waals surface area contributed by atoms with E-state index in [-0.39, 0.29) is 5.92 Å². The number of alkyl halides is 1. The van der Waals surface area contributed by atoms with Gasteiger partial charge in [-0.05, 0) is 60.8 Å². The minimum Gasteiger partial charge on any atom is -0.480 e. The first-order chi connectivity index (χ1) is 14.0. The van der Waals surface area contributed by atoms with E-state index >= 15 is 0 Å². The summed E-state index contributed by atoms with van der Waals surface area (Å²) in [7, 11) is 0. The van der Waals surface area contributed by atoms with Gasteiger partial charge in [-0.15, -0.1) is 0 Å². The highest BCUT2D eigenvalue weighted by Gasteiger charge is 2.47. The standard InChI is InChI=1S/C24H31BrN2O2/c25-13-5-4-12-24(26,23(28)29)22-14-19(15-22)17-27-16-18-8-10-21(11-9-18)20-6-2-1-3-7-20/h1-3,6-11,19,22,27H,4-5,12-17,26H2,(H,28,29). The number of aliphatic carboxylic acids is 1. The van der Waals surface area contributed by atoms with E-state index < -0.39 is 11.5 Å². The van der Waals surface area contributed by atoms with Crippen molar-refractivity contribution < 1.29 is 9.90 Å². The van der Waals surface area contributed by atoms with E-state index in [0.717, 1.165) is 44.1 Å². The third kappa shape index (κ3) is 5.68. The van der Waals surface area contributed by atoms with Crippen LogP contribution in [0.4, 0.5) is 0 Å². The maximum absolute atomic E-state index is 11.7. The van der Waals surface area contributed by atoms with Crippen molar-refractivity contribution in [3.8, 4) is 11.1 Å². The molecule has 29 heavy (non-hydrogen) atoms. The lowest BCUT2D eigenvalue weighted by atomic mass is 9.63. The Morgan fingerprint density at radius 3 is 2.34 bits per heavy atom. The SMILES string of the molecule is NC(CCCCBr)(C(=O)O)C1CC(CNCc2ccc(-c3ccccc3)cc2)C1. The van der Waals surface area contributed by atoms with Crippen molar-refractivity contribution in [2.24, 2.45) is 17.6 Å². The lowest BCUT2D eigenvalue weighted by Gasteiger charge is -2.44. The van der Waals surface area contributed by atoms with Crippen LogP contribution in [0.5, 0.6) is 0 Å². The molecule has 1 aliphatic rings. The average Bonchev–Trinajstić information content (AvgIpc) is 2.70. The molecule has 1 fully saturated rings. The van der Waals surface area contributed by atoms with Gasteiger partial charge in [0, 0.05) is 11.9 Å². The Labute approximate surface area is 182 Å². The van der Waals surface area contributed by atoms with E-state index in [1.165, 1.54) is 16.7 Å². The average molecular weight is 459 g/mol. The van der Waals surface area contributed by atoms with Crippen LogP contribution in [-0.4, -0.2) is 28.5 Å². The summed E-state index contributed by atoms with van der Waals surface area (Å²) in [4.78, 5) is 11.7. The summed E-state index contributed by atoms with van der Waals surface area (Å²) in [5.74, 6) is -0.240. The zero-order valence-corrected chi connectivity index (χ0v) is 18.4. The minimum absolute atomic E-state index is 0.0901. The quantitative estimate of drug-likeness (QED) is 0.333. The number of benzene rings is 2. The fourth-order valence-corrected chi connectivity index (χ4v) is 4.58. The molecule has 1 atom stereocenters. The number of hydrogen-bond acceptors (Lipinski definition) is 3. The zero-order chi connectivity index (χ0) is 20.7. The number of carboxylic acids is 1. The van der Waals surface area contributed by atoms with E-state index in [1.807, 2.05) is 6.07 Å². The maximum atomic E-state index is 11.7. The fourth-order valence-electron chi connectivity index (χ4n) is 4.19. The van der Waals surface area contributed by atoms with Crippen LogP contribution in [0.3, 0.4) is 0 Å². The zero-order valence-electron chi connectivity index (χ0n) is 16.8. The van der Waals surface area contributed by atoms with Gasteiger partial charge in [0.05, 0.1) is 0 Å². The Morgan fingerprint density at radius 1 is 1.07 bits per heavy atom. The van der Waals surface area contributed by atoms with Crippen LogP contribution in [0, 0.1) is 11.8 Å². The predicted octanol–water partition coefficient (Wildman–Crippen LogP) is 4.82. The van der Waals surface area contributed by atoms with E-state index in [0.29, 0.717) is 12.3 Å². The third-order valence-corrected chi connectivity index (χ3v) is 6.72. The van der Waals surface area contributed by atoms with Crippen LogP contribution in [-0.2, 0) is 11.3 Å². The van der Waals surface area contributed by atoms with Crippen molar-refractivity contribution in [1.82, 2.24) is 5.32 Å². The molecule has 2 aromatic rings. The Morgan fingerprint density at radius 2 is 1.72 bits per heavy atom. The topological polar surface area (TPSA) is 75.4 Å². The molecule has 2 aromatic carbocycles. The van der Waals surface area contributed by atoms with Gasteiger partial charge in [0.1, 0.15) is 5.54 Å². The van der Waals surface area contributed by atoms with Crippen LogP contribution < -0.4 is 11.1 Å². The van der Waals surface area contributed by atoms with Gasteiger partial charge in [0.15, 0.2) is 0 Å². The fraction of sp³-hybridized carbons (Fsp3) is 0.458. The Balaban J connectivity index is 1.41. The first kappa shape index (κ1) is 22.0. The molecule has 0 amide bonds. The number of hydrogen-bond donors (Lipinski definition) is 3. The summed E-state index contributed by atoms with van der Waals surface area (Å²) in [6.45, 7) is 1.74. The largest absolute Gasteiger partial charge is 0.480 e. The van der Waals surface area contributed by atoms with Crippen LogP contribution in [0.1, 0.15) is 37.7 Å². The number of carbonyl (C=O) groups is 1. The molecule has 5 heteroatoms. The molecule has 0 radical (unpaired) electrons. The summed E-state index contributed by atoms with van der Waals surface area (Å²) in [5, 5.41) is 14.0. The molecule has 3 rings (SSSR count). The van der Waals surface area contributed by atoms with E-state index in [1.54, 1.807) is 0 Å².